The average Bonchev–Trinajstić information content (AvgIpc) is 2.86. The molecule has 3 unspecified atom stereocenters. The molecule has 2 aliphatic heterocycles. The number of nitrogens with zero attached hydrogens (tertiary/aromatic N) is 2. The number of nitrogens with one attached hydrogen (secondary N) is 1. The van der Waals surface area contributed by atoms with Gasteiger partial charge in [-0.25, -0.2) is 4.98 Å². The van der Waals surface area contributed by atoms with Gasteiger partial charge >= 0.3 is 0 Å². The summed E-state index contributed by atoms with van der Waals surface area (Å²) in [4.78, 5) is 8.27. The van der Waals surface area contributed by atoms with Crippen LogP contribution in [0.4, 0.5) is 0 Å². The van der Waals surface area contributed by atoms with Crippen LogP contribution in [-0.4, -0.2) is 35.6 Å². The maximum Gasteiger partial charge on any atom is 0.0897 e. The van der Waals surface area contributed by atoms with E-state index in [1.165, 1.54) is 42.4 Å². The molecule has 88 valence electrons. The zero-order chi connectivity index (χ0) is 11.0. The number of aryl methyl sites for hydroxylation is 1. The van der Waals surface area contributed by atoms with Gasteiger partial charge in [-0.05, 0) is 38.8 Å². The fraction of sp³-hybridized carbons (Fsp3) is 0.750. The van der Waals surface area contributed by atoms with Crippen molar-refractivity contribution < 1.29 is 0 Å². The van der Waals surface area contributed by atoms with E-state index >= 15 is 0 Å². The first-order valence-electron chi connectivity index (χ1n) is 6.18. The van der Waals surface area contributed by atoms with Crippen molar-refractivity contribution in [2.24, 2.45) is 5.92 Å². The Hall–Kier alpha value is -0.450. The van der Waals surface area contributed by atoms with E-state index in [1.54, 1.807) is 0 Å². The lowest BCUT2D eigenvalue weighted by molar-refractivity contribution is 0.220. The number of hydrogen-bond acceptors (Lipinski definition) is 4. The van der Waals surface area contributed by atoms with Gasteiger partial charge in [0.15, 0.2) is 0 Å². The summed E-state index contributed by atoms with van der Waals surface area (Å²) in [7, 11) is 0. The monoisotopic (exact) mass is 237 g/mol. The third kappa shape index (κ3) is 2.14. The largest absolute Gasteiger partial charge is 0.309 e. The van der Waals surface area contributed by atoms with Crippen molar-refractivity contribution in [2.75, 3.05) is 19.6 Å². The normalized spacial score (nSPS) is 33.2. The fourth-order valence-corrected chi connectivity index (χ4v) is 3.68. The first-order chi connectivity index (χ1) is 7.81. The van der Waals surface area contributed by atoms with Crippen molar-refractivity contribution in [3.8, 4) is 0 Å². The van der Waals surface area contributed by atoms with E-state index in [9.17, 15) is 0 Å². The Kier molecular flexibility index (Phi) is 2.96. The topological polar surface area (TPSA) is 28.2 Å². The maximum absolute atomic E-state index is 4.30. The van der Waals surface area contributed by atoms with Crippen LogP contribution in [0.1, 0.15) is 22.7 Å². The van der Waals surface area contributed by atoms with Crippen LogP contribution in [0, 0.1) is 12.8 Å². The van der Waals surface area contributed by atoms with Crippen LogP contribution in [-0.2, 0) is 6.54 Å². The second kappa shape index (κ2) is 4.43. The molecule has 3 nitrogen and oxygen atoms in total. The molecule has 0 saturated carbocycles. The summed E-state index contributed by atoms with van der Waals surface area (Å²) in [5.41, 5.74) is 0. The third-order valence-corrected chi connectivity index (χ3v) is 4.75. The van der Waals surface area contributed by atoms with Gasteiger partial charge in [-0.3, -0.25) is 0 Å². The number of hydrogen-bond donors (Lipinski definition) is 1. The van der Waals surface area contributed by atoms with E-state index in [0.717, 1.165) is 18.5 Å². The predicted octanol–water partition coefficient (Wildman–Crippen LogP) is 1.64. The van der Waals surface area contributed by atoms with E-state index in [2.05, 4.69) is 22.1 Å². The quantitative estimate of drug-likeness (QED) is 0.866. The van der Waals surface area contributed by atoms with Gasteiger partial charge in [-0.1, -0.05) is 0 Å². The summed E-state index contributed by atoms with van der Waals surface area (Å²) >= 11 is 1.81. The molecule has 3 rings (SSSR count). The Labute approximate surface area is 101 Å². The lowest BCUT2D eigenvalue weighted by Crippen LogP contribution is -2.43. The molecule has 2 bridgehead atoms. The van der Waals surface area contributed by atoms with Crippen molar-refractivity contribution in [2.45, 2.75) is 32.4 Å². The highest BCUT2D eigenvalue weighted by molar-refractivity contribution is 7.11. The summed E-state index contributed by atoms with van der Waals surface area (Å²) in [6.45, 7) is 7.01. The standard InChI is InChI=1S/C12H19N3S/c1-9-13-6-11(16-9)7-14-12-3-5-15-4-2-10(12)8-15/h6,10,12,14H,2-5,7-8H2,1H3. The molecule has 2 aliphatic rings. The third-order valence-electron chi connectivity index (χ3n) is 3.84. The summed E-state index contributed by atoms with van der Waals surface area (Å²) in [5, 5.41) is 4.90. The molecule has 3 atom stereocenters. The van der Waals surface area contributed by atoms with Gasteiger partial charge in [0.2, 0.25) is 0 Å². The zero-order valence-corrected chi connectivity index (χ0v) is 10.6. The highest BCUT2D eigenvalue weighted by atomic mass is 32.1. The molecule has 2 saturated heterocycles. The van der Waals surface area contributed by atoms with Gasteiger partial charge in [0.05, 0.1) is 5.01 Å². The highest BCUT2D eigenvalue weighted by Gasteiger charge is 2.33. The van der Waals surface area contributed by atoms with Gasteiger partial charge in [-0.2, -0.15) is 0 Å². The molecule has 0 aliphatic carbocycles. The van der Waals surface area contributed by atoms with Crippen molar-refractivity contribution >= 4 is 11.3 Å². The number of thiazole rings is 1. The highest BCUT2D eigenvalue weighted by Crippen LogP contribution is 2.27. The summed E-state index contributed by atoms with van der Waals surface area (Å²) in [5.74, 6) is 0.891. The smallest absolute Gasteiger partial charge is 0.0897 e. The number of piperidine rings is 1. The molecule has 0 aromatic carbocycles. The number of rotatable bonds is 3. The van der Waals surface area contributed by atoms with Crippen LogP contribution >= 0.6 is 11.3 Å². The first kappa shape index (κ1) is 10.7. The fourth-order valence-electron chi connectivity index (χ4n) is 2.94. The van der Waals surface area contributed by atoms with Crippen LogP contribution in [0.15, 0.2) is 6.20 Å². The van der Waals surface area contributed by atoms with Crippen LogP contribution < -0.4 is 5.32 Å². The van der Waals surface area contributed by atoms with E-state index < -0.39 is 0 Å². The lowest BCUT2D eigenvalue weighted by Gasteiger charge is -2.30. The molecule has 0 spiro atoms. The van der Waals surface area contributed by atoms with Crippen LogP contribution in [0.25, 0.3) is 0 Å². The molecule has 0 radical (unpaired) electrons. The van der Waals surface area contributed by atoms with Crippen LogP contribution in [0.2, 0.25) is 0 Å². The number of aromatic nitrogens is 1. The zero-order valence-electron chi connectivity index (χ0n) is 9.78. The minimum absolute atomic E-state index is 0.737. The second-order valence-corrected chi connectivity index (χ2v) is 6.29. The second-order valence-electron chi connectivity index (χ2n) is 4.97. The van der Waals surface area contributed by atoms with Gasteiger partial charge in [0.1, 0.15) is 0 Å². The Morgan fingerprint density at radius 1 is 1.50 bits per heavy atom. The molecule has 0 amide bonds. The minimum atomic E-state index is 0.737. The SMILES string of the molecule is Cc1ncc(CNC2CCN3CCC2C3)s1. The van der Waals surface area contributed by atoms with E-state index in [1.807, 2.05) is 17.5 Å². The Morgan fingerprint density at radius 2 is 2.38 bits per heavy atom. The molecule has 3 heterocycles. The first-order valence-corrected chi connectivity index (χ1v) is 7.00. The lowest BCUT2D eigenvalue weighted by atomic mass is 9.94. The van der Waals surface area contributed by atoms with E-state index in [4.69, 9.17) is 0 Å². The summed E-state index contributed by atoms with van der Waals surface area (Å²) in [6.07, 6.45) is 4.72. The molecular formula is C12H19N3S. The maximum atomic E-state index is 4.30. The molecule has 1 N–H and O–H groups in total. The summed E-state index contributed by atoms with van der Waals surface area (Å²) in [6, 6.07) is 0.737. The van der Waals surface area contributed by atoms with Gasteiger partial charge in [0, 0.05) is 30.2 Å². The average molecular weight is 237 g/mol. The Morgan fingerprint density at radius 3 is 3.19 bits per heavy atom. The molecule has 2 fully saturated rings. The Balaban J connectivity index is 1.55. The van der Waals surface area contributed by atoms with Gasteiger partial charge in [0.25, 0.3) is 0 Å². The predicted molar refractivity (Wildman–Crippen MR) is 66.6 cm³/mol. The van der Waals surface area contributed by atoms with Gasteiger partial charge in [-0.15, -0.1) is 11.3 Å². The van der Waals surface area contributed by atoms with Crippen molar-refractivity contribution in [1.29, 1.82) is 0 Å². The van der Waals surface area contributed by atoms with Crippen molar-refractivity contribution in [3.05, 3.63) is 16.1 Å². The number of fused-ring (bicyclic) bond motifs is 2. The molecule has 4 heteroatoms. The van der Waals surface area contributed by atoms with E-state index in [-0.39, 0.29) is 0 Å². The minimum Gasteiger partial charge on any atom is -0.309 e. The Bertz CT molecular complexity index is 363. The summed E-state index contributed by atoms with van der Waals surface area (Å²) < 4.78 is 0. The van der Waals surface area contributed by atoms with Crippen molar-refractivity contribution in [1.82, 2.24) is 15.2 Å². The molecule has 1 aromatic rings. The van der Waals surface area contributed by atoms with Crippen LogP contribution in [0.3, 0.4) is 0 Å². The van der Waals surface area contributed by atoms with Crippen LogP contribution in [0.5, 0.6) is 0 Å². The molecule has 16 heavy (non-hydrogen) atoms. The molecular weight excluding hydrogens is 218 g/mol. The van der Waals surface area contributed by atoms with Gasteiger partial charge < -0.3 is 10.2 Å². The van der Waals surface area contributed by atoms with Crippen molar-refractivity contribution in [3.63, 3.8) is 0 Å². The van der Waals surface area contributed by atoms with E-state index in [0.29, 0.717) is 0 Å². The molecule has 1 aromatic heterocycles.